The minimum Gasteiger partial charge on any atom is -0.497 e. The molecule has 1 aromatic carbocycles. The zero-order chi connectivity index (χ0) is 17.6. The molecular formula is C17H18N2O5S. The molecule has 0 aliphatic heterocycles. The standard InChI is InChI=1S/C17H18N2O5S/c1-22-14-6-4-12(5-7-14)10-23-11-13(20)9-19-17(21)24-16(18-19)15-3-2-8-25-15/h2-8,13,20H,9-11H2,1H3. The fraction of sp³-hybridized carbons (Fsp3) is 0.294. The minimum absolute atomic E-state index is 0.0102. The van der Waals surface area contributed by atoms with Crippen LogP contribution in [0.4, 0.5) is 0 Å². The molecule has 132 valence electrons. The molecule has 7 nitrogen and oxygen atoms in total. The zero-order valence-electron chi connectivity index (χ0n) is 13.6. The summed E-state index contributed by atoms with van der Waals surface area (Å²) >= 11 is 1.43. The first-order chi connectivity index (χ1) is 12.2. The molecule has 8 heteroatoms. The van der Waals surface area contributed by atoms with E-state index in [1.165, 1.54) is 11.3 Å². The van der Waals surface area contributed by atoms with Gasteiger partial charge < -0.3 is 19.0 Å². The van der Waals surface area contributed by atoms with Crippen molar-refractivity contribution < 1.29 is 19.0 Å². The highest BCUT2D eigenvalue weighted by molar-refractivity contribution is 7.13. The first-order valence-corrected chi connectivity index (χ1v) is 8.54. The van der Waals surface area contributed by atoms with Crippen LogP contribution in [0.2, 0.25) is 0 Å². The molecule has 0 bridgehead atoms. The molecule has 1 unspecified atom stereocenters. The third kappa shape index (κ3) is 4.56. The van der Waals surface area contributed by atoms with Gasteiger partial charge in [0, 0.05) is 0 Å². The molecule has 0 amide bonds. The molecule has 3 aromatic rings. The molecule has 0 aliphatic carbocycles. The molecule has 0 saturated carbocycles. The Labute approximate surface area is 148 Å². The van der Waals surface area contributed by atoms with E-state index in [2.05, 4.69) is 5.10 Å². The number of aliphatic hydroxyl groups is 1. The van der Waals surface area contributed by atoms with Crippen LogP contribution in [-0.2, 0) is 17.9 Å². The van der Waals surface area contributed by atoms with E-state index in [0.717, 1.165) is 20.9 Å². The molecule has 0 spiro atoms. The monoisotopic (exact) mass is 362 g/mol. The summed E-state index contributed by atoms with van der Waals surface area (Å²) < 4.78 is 16.8. The number of benzene rings is 1. The molecule has 1 atom stereocenters. The topological polar surface area (TPSA) is 86.7 Å². The fourth-order valence-electron chi connectivity index (χ4n) is 2.21. The third-order valence-electron chi connectivity index (χ3n) is 3.46. The fourth-order valence-corrected chi connectivity index (χ4v) is 2.85. The van der Waals surface area contributed by atoms with Gasteiger partial charge in [0.25, 0.3) is 5.89 Å². The Balaban J connectivity index is 1.50. The molecule has 1 N–H and O–H groups in total. The lowest BCUT2D eigenvalue weighted by Gasteiger charge is -2.10. The average Bonchev–Trinajstić information content (AvgIpc) is 3.26. The summed E-state index contributed by atoms with van der Waals surface area (Å²) in [6, 6.07) is 11.1. The molecule has 0 saturated heterocycles. The van der Waals surface area contributed by atoms with Gasteiger partial charge in [-0.25, -0.2) is 4.79 Å². The third-order valence-corrected chi connectivity index (χ3v) is 4.32. The second kappa shape index (κ2) is 8.11. The van der Waals surface area contributed by atoms with Crippen LogP contribution in [-0.4, -0.2) is 34.7 Å². The number of aromatic nitrogens is 2. The van der Waals surface area contributed by atoms with E-state index in [0.29, 0.717) is 6.61 Å². The first-order valence-electron chi connectivity index (χ1n) is 7.66. The van der Waals surface area contributed by atoms with Crippen LogP contribution in [0.3, 0.4) is 0 Å². The lowest BCUT2D eigenvalue weighted by molar-refractivity contribution is 0.0178. The van der Waals surface area contributed by atoms with Gasteiger partial charge in [-0.15, -0.1) is 16.4 Å². The lowest BCUT2D eigenvalue weighted by Crippen LogP contribution is -2.28. The van der Waals surface area contributed by atoms with Crippen LogP contribution in [0.25, 0.3) is 10.8 Å². The highest BCUT2D eigenvalue weighted by Crippen LogP contribution is 2.21. The van der Waals surface area contributed by atoms with Gasteiger partial charge in [-0.2, -0.15) is 4.68 Å². The maximum atomic E-state index is 11.8. The summed E-state index contributed by atoms with van der Waals surface area (Å²) in [4.78, 5) is 12.6. The number of hydrogen-bond acceptors (Lipinski definition) is 7. The largest absolute Gasteiger partial charge is 0.497 e. The molecule has 2 heterocycles. The quantitative estimate of drug-likeness (QED) is 0.661. The molecular weight excluding hydrogens is 344 g/mol. The Kier molecular flexibility index (Phi) is 5.64. The Morgan fingerprint density at radius 1 is 1.32 bits per heavy atom. The smallest absolute Gasteiger partial charge is 0.437 e. The molecule has 3 rings (SSSR count). The van der Waals surface area contributed by atoms with Crippen molar-refractivity contribution in [2.45, 2.75) is 19.3 Å². The normalized spacial score (nSPS) is 12.2. The van der Waals surface area contributed by atoms with E-state index >= 15 is 0 Å². The Morgan fingerprint density at radius 2 is 2.12 bits per heavy atom. The minimum atomic E-state index is -0.864. The van der Waals surface area contributed by atoms with Crippen molar-refractivity contribution in [3.05, 3.63) is 57.9 Å². The predicted octanol–water partition coefficient (Wildman–Crippen LogP) is 2.15. The van der Waals surface area contributed by atoms with Gasteiger partial charge in [-0.3, -0.25) is 0 Å². The molecule has 0 radical (unpaired) electrons. The van der Waals surface area contributed by atoms with Crippen molar-refractivity contribution in [2.75, 3.05) is 13.7 Å². The second-order valence-corrected chi connectivity index (χ2v) is 6.30. The van der Waals surface area contributed by atoms with E-state index in [1.807, 2.05) is 41.8 Å². The van der Waals surface area contributed by atoms with Crippen LogP contribution in [0.5, 0.6) is 5.75 Å². The van der Waals surface area contributed by atoms with E-state index in [-0.39, 0.29) is 19.0 Å². The summed E-state index contributed by atoms with van der Waals surface area (Å²) in [5.74, 6) is 0.430. The van der Waals surface area contributed by atoms with Gasteiger partial charge >= 0.3 is 5.76 Å². The number of hydrogen-bond donors (Lipinski definition) is 1. The van der Waals surface area contributed by atoms with Crippen molar-refractivity contribution in [3.63, 3.8) is 0 Å². The van der Waals surface area contributed by atoms with Crippen LogP contribution in [0.1, 0.15) is 5.56 Å². The van der Waals surface area contributed by atoms with Gasteiger partial charge in [-0.05, 0) is 29.1 Å². The maximum absolute atomic E-state index is 11.8. The predicted molar refractivity (Wildman–Crippen MR) is 92.7 cm³/mol. The number of nitrogens with zero attached hydrogens (tertiary/aromatic N) is 2. The molecule has 2 aromatic heterocycles. The Morgan fingerprint density at radius 3 is 2.80 bits per heavy atom. The maximum Gasteiger partial charge on any atom is 0.437 e. The zero-order valence-corrected chi connectivity index (χ0v) is 14.4. The number of methoxy groups -OCH3 is 1. The van der Waals surface area contributed by atoms with Crippen LogP contribution in [0.15, 0.2) is 51.0 Å². The van der Waals surface area contributed by atoms with Crippen molar-refractivity contribution in [1.82, 2.24) is 9.78 Å². The van der Waals surface area contributed by atoms with Crippen molar-refractivity contribution in [1.29, 1.82) is 0 Å². The summed E-state index contributed by atoms with van der Waals surface area (Å²) in [5, 5.41) is 16.0. The first kappa shape index (κ1) is 17.4. The van der Waals surface area contributed by atoms with Gasteiger partial charge in [0.2, 0.25) is 0 Å². The number of thiophene rings is 1. The Bertz CT molecular complexity index is 839. The van der Waals surface area contributed by atoms with Crippen molar-refractivity contribution in [2.24, 2.45) is 0 Å². The van der Waals surface area contributed by atoms with Gasteiger partial charge in [0.15, 0.2) is 0 Å². The lowest BCUT2D eigenvalue weighted by atomic mass is 10.2. The number of rotatable bonds is 8. The van der Waals surface area contributed by atoms with Gasteiger partial charge in [-0.1, -0.05) is 18.2 Å². The number of aliphatic hydroxyl groups excluding tert-OH is 1. The van der Waals surface area contributed by atoms with E-state index in [9.17, 15) is 9.90 Å². The van der Waals surface area contributed by atoms with E-state index in [4.69, 9.17) is 13.9 Å². The highest BCUT2D eigenvalue weighted by Gasteiger charge is 2.14. The molecule has 25 heavy (non-hydrogen) atoms. The number of ether oxygens (including phenoxy) is 2. The van der Waals surface area contributed by atoms with Crippen LogP contribution < -0.4 is 10.5 Å². The summed E-state index contributed by atoms with van der Waals surface area (Å²) in [5.41, 5.74) is 0.964. The highest BCUT2D eigenvalue weighted by atomic mass is 32.1. The van der Waals surface area contributed by atoms with Gasteiger partial charge in [0.1, 0.15) is 5.75 Å². The molecule has 0 aliphatic rings. The van der Waals surface area contributed by atoms with E-state index < -0.39 is 11.9 Å². The van der Waals surface area contributed by atoms with Gasteiger partial charge in [0.05, 0.1) is 37.8 Å². The van der Waals surface area contributed by atoms with Crippen molar-refractivity contribution in [3.8, 4) is 16.5 Å². The van der Waals surface area contributed by atoms with E-state index in [1.54, 1.807) is 7.11 Å². The SMILES string of the molecule is COc1ccc(COCC(O)Cn2nc(-c3cccs3)oc2=O)cc1. The second-order valence-electron chi connectivity index (χ2n) is 5.35. The summed E-state index contributed by atoms with van der Waals surface area (Å²) in [7, 11) is 1.61. The Hall–Kier alpha value is -2.42. The summed E-state index contributed by atoms with van der Waals surface area (Å²) in [6.07, 6.45) is -0.864. The van der Waals surface area contributed by atoms with Crippen molar-refractivity contribution >= 4 is 11.3 Å². The molecule has 0 fully saturated rings. The van der Waals surface area contributed by atoms with Crippen LogP contribution in [0, 0.1) is 0 Å². The summed E-state index contributed by atoms with van der Waals surface area (Å²) in [6.45, 7) is 0.450. The average molecular weight is 362 g/mol. The van der Waals surface area contributed by atoms with Crippen LogP contribution >= 0.6 is 11.3 Å².